The van der Waals surface area contributed by atoms with E-state index in [0.717, 1.165) is 18.7 Å². The van der Waals surface area contributed by atoms with Gasteiger partial charge in [-0.3, -0.25) is 14.8 Å². The number of nitrogens with one attached hydrogen (secondary N) is 2. The first-order valence-electron chi connectivity index (χ1n) is 12.9. The molecule has 2 aromatic carbocycles. The van der Waals surface area contributed by atoms with Gasteiger partial charge in [0.2, 0.25) is 5.91 Å². The van der Waals surface area contributed by atoms with Gasteiger partial charge in [0.1, 0.15) is 24.2 Å². The summed E-state index contributed by atoms with van der Waals surface area (Å²) in [5.41, 5.74) is 3.44. The topological polar surface area (TPSA) is 112 Å². The Labute approximate surface area is 238 Å². The third-order valence-corrected chi connectivity index (χ3v) is 6.27. The van der Waals surface area contributed by atoms with Crippen molar-refractivity contribution in [2.45, 2.75) is 26.4 Å². The molecule has 206 valence electrons. The van der Waals surface area contributed by atoms with E-state index in [1.807, 2.05) is 50.2 Å². The van der Waals surface area contributed by atoms with Crippen LogP contribution in [0.4, 0.5) is 17.1 Å². The molecule has 0 aliphatic rings. The Hall–Kier alpha value is -4.39. The molecule has 10 heteroatoms. The van der Waals surface area contributed by atoms with Gasteiger partial charge in [0.15, 0.2) is 0 Å². The molecule has 40 heavy (non-hydrogen) atoms. The minimum Gasteiger partial charge on any atom is -0.492 e. The van der Waals surface area contributed by atoms with Gasteiger partial charge < -0.3 is 25.0 Å². The van der Waals surface area contributed by atoms with Gasteiger partial charge in [-0.2, -0.15) is 5.26 Å². The zero-order valence-electron chi connectivity index (χ0n) is 22.7. The van der Waals surface area contributed by atoms with E-state index in [4.69, 9.17) is 21.1 Å². The van der Waals surface area contributed by atoms with Crippen LogP contribution in [0.25, 0.3) is 10.9 Å². The maximum Gasteiger partial charge on any atom is 0.224 e. The van der Waals surface area contributed by atoms with Crippen molar-refractivity contribution in [1.82, 2.24) is 14.9 Å². The molecule has 0 aliphatic carbocycles. The quantitative estimate of drug-likeness (QED) is 0.213. The second-order valence-electron chi connectivity index (χ2n) is 9.29. The van der Waals surface area contributed by atoms with E-state index in [9.17, 15) is 10.1 Å². The van der Waals surface area contributed by atoms with Crippen molar-refractivity contribution >= 4 is 45.5 Å². The highest BCUT2D eigenvalue weighted by Crippen LogP contribution is 2.37. The first-order valence-corrected chi connectivity index (χ1v) is 13.3. The second-order valence-corrected chi connectivity index (χ2v) is 9.70. The lowest BCUT2D eigenvalue weighted by Crippen LogP contribution is -2.17. The van der Waals surface area contributed by atoms with Crippen LogP contribution in [0.2, 0.25) is 5.02 Å². The predicted octanol–water partition coefficient (Wildman–Crippen LogP) is 6.16. The van der Waals surface area contributed by atoms with Crippen LogP contribution in [-0.4, -0.2) is 48.0 Å². The molecular weight excluding hydrogens is 528 g/mol. The van der Waals surface area contributed by atoms with Gasteiger partial charge in [-0.05, 0) is 70.4 Å². The van der Waals surface area contributed by atoms with Crippen LogP contribution in [0.1, 0.15) is 31.0 Å². The van der Waals surface area contributed by atoms with E-state index in [1.54, 1.807) is 30.5 Å². The molecule has 4 aromatic rings. The summed E-state index contributed by atoms with van der Waals surface area (Å²) in [5.74, 6) is 0.907. The van der Waals surface area contributed by atoms with E-state index in [2.05, 4.69) is 26.7 Å². The monoisotopic (exact) mass is 558 g/mol. The number of pyridine rings is 2. The Balaban J connectivity index is 1.62. The number of nitrogens with zero attached hydrogens (tertiary/aromatic N) is 4. The summed E-state index contributed by atoms with van der Waals surface area (Å²) in [6, 6.07) is 16.7. The van der Waals surface area contributed by atoms with Gasteiger partial charge in [0.05, 0.1) is 39.8 Å². The fourth-order valence-electron chi connectivity index (χ4n) is 4.06. The minimum atomic E-state index is -0.117. The molecule has 0 bridgehead atoms. The highest BCUT2D eigenvalue weighted by molar-refractivity contribution is 6.32. The Bertz CT molecular complexity index is 1520. The third kappa shape index (κ3) is 7.38. The van der Waals surface area contributed by atoms with Gasteiger partial charge in [-0.1, -0.05) is 17.7 Å². The maximum absolute atomic E-state index is 12.7. The summed E-state index contributed by atoms with van der Waals surface area (Å²) in [5, 5.41) is 17.2. The molecule has 0 unspecified atom stereocenters. The van der Waals surface area contributed by atoms with Crippen LogP contribution in [0.15, 0.2) is 60.9 Å². The summed E-state index contributed by atoms with van der Waals surface area (Å²) < 4.78 is 11.6. The first-order chi connectivity index (χ1) is 19.4. The fourth-order valence-corrected chi connectivity index (χ4v) is 4.29. The molecule has 2 heterocycles. The van der Waals surface area contributed by atoms with Crippen molar-refractivity contribution in [2.24, 2.45) is 0 Å². The zero-order chi connectivity index (χ0) is 28.5. The summed E-state index contributed by atoms with van der Waals surface area (Å²) in [4.78, 5) is 23.4. The maximum atomic E-state index is 12.7. The fraction of sp³-hybridized carbons (Fsp3) is 0.267. The number of hydrogen-bond acceptors (Lipinski definition) is 8. The number of halogens is 1. The van der Waals surface area contributed by atoms with Gasteiger partial charge >= 0.3 is 0 Å². The molecule has 4 rings (SSSR count). The number of rotatable bonds is 12. The normalized spacial score (nSPS) is 10.8. The number of carbonyl (C=O) groups is 1. The van der Waals surface area contributed by atoms with E-state index in [0.29, 0.717) is 63.1 Å². The number of ether oxygens (including phenoxy) is 2. The van der Waals surface area contributed by atoms with Gasteiger partial charge in [0.25, 0.3) is 0 Å². The van der Waals surface area contributed by atoms with Crippen molar-refractivity contribution in [3.05, 3.63) is 77.2 Å². The Kier molecular flexibility index (Phi) is 9.73. The number of aromatic nitrogens is 2. The number of hydrogen-bond donors (Lipinski definition) is 2. The molecular formula is C30H31ClN6O3. The van der Waals surface area contributed by atoms with Crippen LogP contribution in [0.5, 0.6) is 11.5 Å². The molecule has 0 saturated heterocycles. The first kappa shape index (κ1) is 28.6. The molecule has 0 aliphatic heterocycles. The molecule has 0 atom stereocenters. The second kappa shape index (κ2) is 13.6. The van der Waals surface area contributed by atoms with E-state index in [-0.39, 0.29) is 12.5 Å². The van der Waals surface area contributed by atoms with Crippen LogP contribution in [0, 0.1) is 11.3 Å². The Morgan fingerprint density at radius 1 is 1.10 bits per heavy atom. The molecule has 1 amide bonds. The minimum absolute atomic E-state index is 0.117. The smallest absolute Gasteiger partial charge is 0.224 e. The van der Waals surface area contributed by atoms with Gasteiger partial charge in [-0.25, -0.2) is 0 Å². The van der Waals surface area contributed by atoms with E-state index < -0.39 is 0 Å². The molecule has 0 radical (unpaired) electrons. The summed E-state index contributed by atoms with van der Waals surface area (Å²) in [6.07, 6.45) is 4.31. The largest absolute Gasteiger partial charge is 0.492 e. The molecule has 2 aromatic heterocycles. The lowest BCUT2D eigenvalue weighted by molar-refractivity contribution is -0.116. The van der Waals surface area contributed by atoms with Crippen LogP contribution in [0.3, 0.4) is 0 Å². The summed E-state index contributed by atoms with van der Waals surface area (Å²) in [6.45, 7) is 3.39. The molecule has 0 saturated carbocycles. The number of amides is 1. The molecule has 2 N–H and O–H groups in total. The molecule has 9 nitrogen and oxygen atoms in total. The highest BCUT2D eigenvalue weighted by Gasteiger charge is 2.16. The standard InChI is InChI=1S/C30H31ClN6O3/c1-4-39-28-16-25-23(15-26(28)36-29(38)9-7-13-37(2)3)30(20(17-32)18-34-25)35-21-10-11-27(24(31)14-21)40-19-22-8-5-6-12-33-22/h5-6,8,10-12,14-16,18H,4,7,9,13,19H2,1-3H3,(H,34,35)(H,36,38). The van der Waals surface area contributed by atoms with Crippen molar-refractivity contribution in [2.75, 3.05) is 37.9 Å². The lowest BCUT2D eigenvalue weighted by atomic mass is 10.1. The van der Waals surface area contributed by atoms with Crippen molar-refractivity contribution < 1.29 is 14.3 Å². The third-order valence-electron chi connectivity index (χ3n) is 5.98. The van der Waals surface area contributed by atoms with Crippen LogP contribution < -0.4 is 20.1 Å². The Morgan fingerprint density at radius 3 is 2.65 bits per heavy atom. The average Bonchev–Trinajstić information content (AvgIpc) is 2.94. The number of benzene rings is 2. The number of nitriles is 1. The van der Waals surface area contributed by atoms with E-state index >= 15 is 0 Å². The van der Waals surface area contributed by atoms with Gasteiger partial charge in [-0.15, -0.1) is 0 Å². The Morgan fingerprint density at radius 2 is 1.95 bits per heavy atom. The van der Waals surface area contributed by atoms with Crippen LogP contribution in [-0.2, 0) is 11.4 Å². The highest BCUT2D eigenvalue weighted by atomic mass is 35.5. The van der Waals surface area contributed by atoms with Crippen LogP contribution >= 0.6 is 11.6 Å². The summed E-state index contributed by atoms with van der Waals surface area (Å²) in [7, 11) is 3.94. The van der Waals surface area contributed by atoms with Crippen molar-refractivity contribution in [1.29, 1.82) is 5.26 Å². The molecule has 0 fully saturated rings. The predicted molar refractivity (Wildman–Crippen MR) is 157 cm³/mol. The van der Waals surface area contributed by atoms with Gasteiger partial charge in [0, 0.05) is 36.0 Å². The van der Waals surface area contributed by atoms with Crippen molar-refractivity contribution in [3.8, 4) is 17.6 Å². The van der Waals surface area contributed by atoms with Crippen molar-refractivity contribution in [3.63, 3.8) is 0 Å². The SMILES string of the molecule is CCOc1cc2ncc(C#N)c(Nc3ccc(OCc4ccccn4)c(Cl)c3)c2cc1NC(=O)CCCN(C)C. The lowest BCUT2D eigenvalue weighted by Gasteiger charge is -2.17. The number of carbonyl (C=O) groups excluding carboxylic acids is 1. The average molecular weight is 559 g/mol. The molecule has 0 spiro atoms. The number of fused-ring (bicyclic) bond motifs is 1. The summed E-state index contributed by atoms with van der Waals surface area (Å²) >= 11 is 6.52. The number of anilines is 3. The zero-order valence-corrected chi connectivity index (χ0v) is 23.5. The van der Waals surface area contributed by atoms with E-state index in [1.165, 1.54) is 6.20 Å².